The predicted molar refractivity (Wildman–Crippen MR) is 196 cm³/mol. The number of anilines is 1. The van der Waals surface area contributed by atoms with E-state index in [-0.39, 0.29) is 30.2 Å². The van der Waals surface area contributed by atoms with Crippen molar-refractivity contribution in [3.8, 4) is 5.75 Å². The van der Waals surface area contributed by atoms with E-state index < -0.39 is 23.6 Å². The third-order valence-corrected chi connectivity index (χ3v) is 8.79. The largest absolute Gasteiger partial charge is 0.494 e. The predicted octanol–water partition coefficient (Wildman–Crippen LogP) is 2.84. The van der Waals surface area contributed by atoms with Gasteiger partial charge in [0.25, 0.3) is 11.8 Å². The third-order valence-electron chi connectivity index (χ3n) is 8.79. The number of imidazole rings is 2. The number of rotatable bonds is 12. The van der Waals surface area contributed by atoms with Gasteiger partial charge in [0.15, 0.2) is 0 Å². The molecular weight excluding hydrogens is 680 g/mol. The fraction of sp³-hybridized carbons (Fsp3) is 0.278. The van der Waals surface area contributed by atoms with Crippen molar-refractivity contribution < 1.29 is 23.9 Å². The molecule has 6 aromatic rings. The summed E-state index contributed by atoms with van der Waals surface area (Å²) in [4.78, 5) is 60.4. The van der Waals surface area contributed by atoms with Crippen molar-refractivity contribution in [3.05, 3.63) is 94.1 Å². The normalized spacial score (nSPS) is 12.0. The highest BCUT2D eigenvalue weighted by Crippen LogP contribution is 2.27. The molecular formula is C36H40N12O5. The summed E-state index contributed by atoms with van der Waals surface area (Å²) >= 11 is 0. The molecule has 17 heteroatoms. The van der Waals surface area contributed by atoms with Gasteiger partial charge in [-0.3, -0.25) is 33.9 Å². The number of hydrogen-bond acceptors (Lipinski definition) is 8. The maximum absolute atomic E-state index is 13.6. The molecule has 4 amide bonds. The van der Waals surface area contributed by atoms with E-state index in [4.69, 9.17) is 16.2 Å². The van der Waals surface area contributed by atoms with Gasteiger partial charge in [-0.15, -0.1) is 0 Å². The van der Waals surface area contributed by atoms with Crippen molar-refractivity contribution in [1.29, 1.82) is 0 Å². The lowest BCUT2D eigenvalue weighted by molar-refractivity contribution is 0.0980. The van der Waals surface area contributed by atoms with Crippen molar-refractivity contribution in [2.75, 3.05) is 12.4 Å². The maximum atomic E-state index is 13.6. The van der Waals surface area contributed by atoms with Crippen LogP contribution in [0.25, 0.3) is 22.1 Å². The number of carbonyl (C=O) groups is 4. The highest BCUT2D eigenvalue weighted by molar-refractivity contribution is 6.03. The summed E-state index contributed by atoms with van der Waals surface area (Å²) < 4.78 is 14.2. The molecule has 0 aliphatic rings. The second-order valence-corrected chi connectivity index (χ2v) is 12.3. The van der Waals surface area contributed by atoms with Crippen LogP contribution in [-0.2, 0) is 33.2 Å². The molecule has 2 aromatic carbocycles. The van der Waals surface area contributed by atoms with Crippen molar-refractivity contribution in [2.24, 2.45) is 23.5 Å². The maximum Gasteiger partial charge on any atom is 0.298 e. The van der Waals surface area contributed by atoms with Crippen LogP contribution in [0.15, 0.2) is 59.6 Å². The standard InChI is InChI=1S/C36H40N12O5/c1-7-47-27(15-20(3)42-47)33(51)40-35-39-24-17-22(31(37)49)11-12-25(24)45(35)13-9-10-14-46-30-26(18-23(32(38)50)19-29(30)53-6)44(5)36(46)41-34(52)28-16-21(4)43-48(28)8-2/h9-12,15-19H,7-8,13-14H2,1-6H3,(H2,37,49)(H2,38,50)(H,39,40,51)/b10-9+,41-36?. The van der Waals surface area contributed by atoms with E-state index >= 15 is 0 Å². The Morgan fingerprint density at radius 1 is 0.830 bits per heavy atom. The number of primary amides is 2. The first-order valence-corrected chi connectivity index (χ1v) is 16.9. The number of fused-ring (bicyclic) bond motifs is 2. The van der Waals surface area contributed by atoms with Crippen LogP contribution >= 0.6 is 0 Å². The average molecular weight is 721 g/mol. The van der Waals surface area contributed by atoms with E-state index in [9.17, 15) is 19.2 Å². The van der Waals surface area contributed by atoms with Crippen LogP contribution in [0.5, 0.6) is 5.75 Å². The van der Waals surface area contributed by atoms with E-state index in [0.717, 1.165) is 0 Å². The number of allylic oxidation sites excluding steroid dienone is 2. The quantitative estimate of drug-likeness (QED) is 0.159. The van der Waals surface area contributed by atoms with Crippen LogP contribution in [0.2, 0.25) is 0 Å². The monoisotopic (exact) mass is 720 g/mol. The Balaban J connectivity index is 1.42. The van der Waals surface area contributed by atoms with Crippen molar-refractivity contribution >= 4 is 51.6 Å². The molecule has 53 heavy (non-hydrogen) atoms. The number of benzene rings is 2. The molecule has 5 N–H and O–H groups in total. The highest BCUT2D eigenvalue weighted by atomic mass is 16.5. The number of hydrogen-bond donors (Lipinski definition) is 3. The summed E-state index contributed by atoms with van der Waals surface area (Å²) in [6.45, 7) is 8.85. The molecule has 17 nitrogen and oxygen atoms in total. The number of aromatic nitrogens is 8. The van der Waals surface area contributed by atoms with Gasteiger partial charge in [0.1, 0.15) is 22.7 Å². The summed E-state index contributed by atoms with van der Waals surface area (Å²) in [7, 11) is 3.22. The molecule has 0 unspecified atom stereocenters. The summed E-state index contributed by atoms with van der Waals surface area (Å²) in [5, 5.41) is 11.7. The molecule has 6 rings (SSSR count). The Morgan fingerprint density at radius 3 is 2.08 bits per heavy atom. The lowest BCUT2D eigenvalue weighted by Crippen LogP contribution is -2.26. The molecule has 0 radical (unpaired) electrons. The van der Waals surface area contributed by atoms with E-state index in [1.807, 2.05) is 32.9 Å². The molecule has 274 valence electrons. The first-order chi connectivity index (χ1) is 25.3. The number of nitrogens with two attached hydrogens (primary N) is 2. The van der Waals surface area contributed by atoms with Gasteiger partial charge in [-0.2, -0.15) is 15.2 Å². The molecule has 0 aliphatic carbocycles. The van der Waals surface area contributed by atoms with Gasteiger partial charge in [-0.05, 0) is 70.2 Å². The number of aryl methyl sites for hydroxylation is 5. The Bertz CT molecular complexity index is 2540. The molecule has 4 heterocycles. The zero-order chi connectivity index (χ0) is 38.1. The van der Waals surface area contributed by atoms with Gasteiger partial charge in [-0.25, -0.2) is 4.98 Å². The molecule has 0 bridgehead atoms. The first kappa shape index (κ1) is 36.0. The smallest absolute Gasteiger partial charge is 0.298 e. The van der Waals surface area contributed by atoms with E-state index in [1.54, 1.807) is 79.5 Å². The van der Waals surface area contributed by atoms with Crippen LogP contribution in [0, 0.1) is 13.8 Å². The zero-order valence-electron chi connectivity index (χ0n) is 30.2. The van der Waals surface area contributed by atoms with Gasteiger partial charge in [-0.1, -0.05) is 12.2 Å². The SMILES string of the molecule is CCn1nc(C)cc1C(=O)N=c1n(C)c2cc(C(N)=O)cc(OC)c2n1C/C=C/Cn1c(NC(=O)c2cc(C)nn2CC)nc2cc(C(N)=O)ccc21. The molecule has 0 atom stereocenters. The lowest BCUT2D eigenvalue weighted by atomic mass is 10.1. The summed E-state index contributed by atoms with van der Waals surface area (Å²) in [6, 6.07) is 11.5. The average Bonchev–Trinajstić information content (AvgIpc) is 3.88. The van der Waals surface area contributed by atoms with Crippen LogP contribution in [0.4, 0.5) is 5.95 Å². The summed E-state index contributed by atoms with van der Waals surface area (Å²) in [6.07, 6.45) is 3.74. The Morgan fingerprint density at radius 2 is 1.45 bits per heavy atom. The minimum absolute atomic E-state index is 0.219. The fourth-order valence-corrected chi connectivity index (χ4v) is 6.28. The van der Waals surface area contributed by atoms with Gasteiger partial charge in [0.05, 0.1) is 35.0 Å². The second kappa shape index (κ2) is 14.5. The van der Waals surface area contributed by atoms with E-state index in [1.165, 1.54) is 7.11 Å². The number of amides is 4. The van der Waals surface area contributed by atoms with Crippen molar-refractivity contribution in [2.45, 2.75) is 53.9 Å². The molecule has 0 spiro atoms. The summed E-state index contributed by atoms with van der Waals surface area (Å²) in [5.41, 5.74) is 16.3. The van der Waals surface area contributed by atoms with E-state index in [0.29, 0.717) is 69.3 Å². The number of ether oxygens (including phenoxy) is 1. The minimum atomic E-state index is -0.637. The van der Waals surface area contributed by atoms with Crippen LogP contribution in [0.1, 0.15) is 66.9 Å². The summed E-state index contributed by atoms with van der Waals surface area (Å²) in [5.74, 6) is -1.52. The Hall–Kier alpha value is -6.78. The van der Waals surface area contributed by atoms with E-state index in [2.05, 4.69) is 25.5 Å². The molecule has 0 fully saturated rings. The fourth-order valence-electron chi connectivity index (χ4n) is 6.28. The molecule has 0 saturated carbocycles. The number of carbonyl (C=O) groups excluding carboxylic acids is 4. The van der Waals surface area contributed by atoms with Gasteiger partial charge in [0, 0.05) is 44.4 Å². The minimum Gasteiger partial charge on any atom is -0.494 e. The Kier molecular flexibility index (Phi) is 9.82. The van der Waals surface area contributed by atoms with Crippen molar-refractivity contribution in [1.82, 2.24) is 38.2 Å². The first-order valence-electron chi connectivity index (χ1n) is 16.9. The van der Waals surface area contributed by atoms with Gasteiger partial charge < -0.3 is 29.9 Å². The molecule has 0 aliphatic heterocycles. The number of nitrogens with zero attached hydrogens (tertiary/aromatic N) is 9. The van der Waals surface area contributed by atoms with Crippen LogP contribution in [-0.4, -0.2) is 69.0 Å². The van der Waals surface area contributed by atoms with Gasteiger partial charge >= 0.3 is 0 Å². The Labute approximate surface area is 303 Å². The van der Waals surface area contributed by atoms with Crippen LogP contribution < -0.4 is 27.1 Å². The molecule has 4 aromatic heterocycles. The number of nitrogens with one attached hydrogen (secondary N) is 1. The van der Waals surface area contributed by atoms with Crippen LogP contribution in [0.3, 0.4) is 0 Å². The van der Waals surface area contributed by atoms with Crippen molar-refractivity contribution in [3.63, 3.8) is 0 Å². The lowest BCUT2D eigenvalue weighted by Gasteiger charge is -2.10. The molecule has 0 saturated heterocycles. The second-order valence-electron chi connectivity index (χ2n) is 12.3. The van der Waals surface area contributed by atoms with Gasteiger partial charge in [0.2, 0.25) is 23.4 Å². The third kappa shape index (κ3) is 6.83. The highest BCUT2D eigenvalue weighted by Gasteiger charge is 2.21. The zero-order valence-corrected chi connectivity index (χ0v) is 30.2. The topological polar surface area (TPSA) is 217 Å². The number of methoxy groups -OCH3 is 1.